The SMILES string of the molecule is C=Cc1cc(-c2ccc(OCCCCCC)cc2)ccc1C(=O)CCC[C@@H](C)CC. The monoisotopic (exact) mass is 406 g/mol. The summed E-state index contributed by atoms with van der Waals surface area (Å²) in [5, 5.41) is 0. The van der Waals surface area contributed by atoms with Gasteiger partial charge >= 0.3 is 0 Å². The Bertz CT molecular complexity index is 789. The molecule has 0 saturated carbocycles. The Morgan fingerprint density at radius 2 is 1.73 bits per heavy atom. The first-order chi connectivity index (χ1) is 14.6. The van der Waals surface area contributed by atoms with Gasteiger partial charge in [-0.1, -0.05) is 89.8 Å². The van der Waals surface area contributed by atoms with Crippen molar-refractivity contribution in [1.82, 2.24) is 0 Å². The first-order valence-electron chi connectivity index (χ1n) is 11.6. The van der Waals surface area contributed by atoms with Gasteiger partial charge in [0.2, 0.25) is 0 Å². The summed E-state index contributed by atoms with van der Waals surface area (Å²) >= 11 is 0. The van der Waals surface area contributed by atoms with E-state index in [9.17, 15) is 4.79 Å². The molecule has 162 valence electrons. The Balaban J connectivity index is 1.99. The molecule has 0 heterocycles. The van der Waals surface area contributed by atoms with Crippen molar-refractivity contribution < 1.29 is 9.53 Å². The first kappa shape index (κ1) is 23.9. The third-order valence-electron chi connectivity index (χ3n) is 5.82. The number of hydrogen-bond donors (Lipinski definition) is 0. The van der Waals surface area contributed by atoms with Gasteiger partial charge in [-0.05, 0) is 53.6 Å². The van der Waals surface area contributed by atoms with E-state index in [4.69, 9.17) is 4.74 Å². The van der Waals surface area contributed by atoms with Crippen LogP contribution in [0.4, 0.5) is 0 Å². The highest BCUT2D eigenvalue weighted by Crippen LogP contribution is 2.26. The molecule has 30 heavy (non-hydrogen) atoms. The highest BCUT2D eigenvalue weighted by Gasteiger charge is 2.12. The Labute approximate surface area is 183 Å². The van der Waals surface area contributed by atoms with E-state index in [1.165, 1.54) is 25.7 Å². The number of ether oxygens (including phenoxy) is 1. The fourth-order valence-electron chi connectivity index (χ4n) is 3.58. The maximum atomic E-state index is 12.7. The Hall–Kier alpha value is -2.35. The molecule has 0 aliphatic heterocycles. The fraction of sp³-hybridized carbons (Fsp3) is 0.464. The van der Waals surface area contributed by atoms with E-state index in [-0.39, 0.29) is 5.78 Å². The molecule has 0 unspecified atom stereocenters. The van der Waals surface area contributed by atoms with Gasteiger partial charge in [0.15, 0.2) is 5.78 Å². The number of rotatable bonds is 14. The molecule has 0 radical (unpaired) electrons. The second-order valence-electron chi connectivity index (χ2n) is 8.27. The molecule has 0 bridgehead atoms. The Morgan fingerprint density at radius 3 is 2.40 bits per heavy atom. The van der Waals surface area contributed by atoms with Crippen LogP contribution in [0.3, 0.4) is 0 Å². The Morgan fingerprint density at radius 1 is 1.00 bits per heavy atom. The van der Waals surface area contributed by atoms with Crippen molar-refractivity contribution in [3.63, 3.8) is 0 Å². The summed E-state index contributed by atoms with van der Waals surface area (Å²) in [7, 11) is 0. The number of Topliss-reactive ketones (excluding diaryl/α,β-unsaturated/α-hetero) is 1. The molecule has 2 nitrogen and oxygen atoms in total. The summed E-state index contributed by atoms with van der Waals surface area (Å²) in [4.78, 5) is 12.7. The highest BCUT2D eigenvalue weighted by atomic mass is 16.5. The zero-order valence-corrected chi connectivity index (χ0v) is 19.1. The maximum absolute atomic E-state index is 12.7. The highest BCUT2D eigenvalue weighted by molar-refractivity contribution is 6.00. The van der Waals surface area contributed by atoms with Gasteiger partial charge in [0.25, 0.3) is 0 Å². The summed E-state index contributed by atoms with van der Waals surface area (Å²) in [6, 6.07) is 14.3. The predicted molar refractivity (Wildman–Crippen MR) is 129 cm³/mol. The second kappa shape index (κ2) is 13.1. The van der Waals surface area contributed by atoms with Crippen molar-refractivity contribution in [2.75, 3.05) is 6.61 Å². The smallest absolute Gasteiger partial charge is 0.163 e. The van der Waals surface area contributed by atoms with Crippen molar-refractivity contribution in [2.24, 2.45) is 5.92 Å². The molecule has 0 aliphatic rings. The maximum Gasteiger partial charge on any atom is 0.163 e. The van der Waals surface area contributed by atoms with Gasteiger partial charge in [0, 0.05) is 12.0 Å². The topological polar surface area (TPSA) is 26.3 Å². The van der Waals surface area contributed by atoms with Crippen LogP contribution in [0, 0.1) is 5.92 Å². The van der Waals surface area contributed by atoms with Crippen LogP contribution in [0.5, 0.6) is 5.75 Å². The van der Waals surface area contributed by atoms with Gasteiger partial charge in [-0.2, -0.15) is 0 Å². The van der Waals surface area contributed by atoms with E-state index in [0.29, 0.717) is 12.3 Å². The summed E-state index contributed by atoms with van der Waals surface area (Å²) < 4.78 is 5.84. The normalized spacial score (nSPS) is 11.8. The molecule has 0 N–H and O–H groups in total. The zero-order valence-electron chi connectivity index (χ0n) is 19.1. The summed E-state index contributed by atoms with van der Waals surface area (Å²) in [6.45, 7) is 11.4. The van der Waals surface area contributed by atoms with E-state index in [0.717, 1.165) is 53.9 Å². The molecule has 2 aromatic carbocycles. The number of ketones is 1. The minimum absolute atomic E-state index is 0.214. The van der Waals surface area contributed by atoms with Crippen LogP contribution in [-0.2, 0) is 0 Å². The van der Waals surface area contributed by atoms with Crippen molar-refractivity contribution in [2.45, 2.75) is 72.1 Å². The van der Waals surface area contributed by atoms with Gasteiger partial charge in [0.1, 0.15) is 5.75 Å². The average molecular weight is 407 g/mol. The molecule has 2 rings (SSSR count). The molecule has 2 aromatic rings. The summed E-state index contributed by atoms with van der Waals surface area (Å²) in [5.41, 5.74) is 3.91. The molecule has 0 fully saturated rings. The minimum Gasteiger partial charge on any atom is -0.494 e. The molecule has 2 heteroatoms. The molecule has 0 saturated heterocycles. The van der Waals surface area contributed by atoms with Crippen LogP contribution in [0.25, 0.3) is 17.2 Å². The minimum atomic E-state index is 0.214. The Kier molecular flexibility index (Phi) is 10.4. The lowest BCUT2D eigenvalue weighted by molar-refractivity contribution is 0.0977. The predicted octanol–water partition coefficient (Wildman–Crippen LogP) is 8.35. The van der Waals surface area contributed by atoms with Crippen molar-refractivity contribution in [3.8, 4) is 16.9 Å². The van der Waals surface area contributed by atoms with Gasteiger partial charge in [-0.3, -0.25) is 4.79 Å². The van der Waals surface area contributed by atoms with Gasteiger partial charge in [-0.25, -0.2) is 0 Å². The quantitative estimate of drug-likeness (QED) is 0.233. The van der Waals surface area contributed by atoms with Crippen LogP contribution < -0.4 is 4.74 Å². The van der Waals surface area contributed by atoms with Crippen LogP contribution >= 0.6 is 0 Å². The van der Waals surface area contributed by atoms with Crippen molar-refractivity contribution >= 4 is 11.9 Å². The summed E-state index contributed by atoms with van der Waals surface area (Å²) in [6.07, 6.45) is 10.5. The van der Waals surface area contributed by atoms with E-state index in [2.05, 4.69) is 45.5 Å². The molecule has 1 atom stereocenters. The standard InChI is InChI=1S/C28H38O2/c1-5-8-9-10-20-30-26-17-14-24(15-18-26)25-16-19-27(23(7-3)21-25)28(29)13-11-12-22(4)6-2/h7,14-19,21-22H,3,5-6,8-13,20H2,1-2,4H3/t22-/m0/s1. The van der Waals surface area contributed by atoms with Crippen molar-refractivity contribution in [1.29, 1.82) is 0 Å². The average Bonchev–Trinajstić information content (AvgIpc) is 2.78. The van der Waals surface area contributed by atoms with E-state index in [1.807, 2.05) is 24.3 Å². The number of hydrogen-bond acceptors (Lipinski definition) is 2. The van der Waals surface area contributed by atoms with Crippen LogP contribution in [0.1, 0.15) is 88.1 Å². The van der Waals surface area contributed by atoms with E-state index >= 15 is 0 Å². The lowest BCUT2D eigenvalue weighted by Crippen LogP contribution is -2.03. The van der Waals surface area contributed by atoms with Crippen LogP contribution in [-0.4, -0.2) is 12.4 Å². The third-order valence-corrected chi connectivity index (χ3v) is 5.82. The van der Waals surface area contributed by atoms with Gasteiger partial charge in [0.05, 0.1) is 6.61 Å². The lowest BCUT2D eigenvalue weighted by atomic mass is 9.94. The fourth-order valence-corrected chi connectivity index (χ4v) is 3.58. The largest absolute Gasteiger partial charge is 0.494 e. The van der Waals surface area contributed by atoms with E-state index in [1.54, 1.807) is 6.08 Å². The molecular formula is C28H38O2. The number of carbonyl (C=O) groups excluding carboxylic acids is 1. The van der Waals surface area contributed by atoms with Gasteiger partial charge < -0.3 is 4.74 Å². The van der Waals surface area contributed by atoms with Gasteiger partial charge in [-0.15, -0.1) is 0 Å². The molecule has 0 amide bonds. The molecule has 0 aliphatic carbocycles. The number of benzene rings is 2. The van der Waals surface area contributed by atoms with Crippen LogP contribution in [0.15, 0.2) is 49.0 Å². The second-order valence-corrected chi connectivity index (χ2v) is 8.27. The van der Waals surface area contributed by atoms with Crippen molar-refractivity contribution in [3.05, 3.63) is 60.2 Å². The third kappa shape index (κ3) is 7.48. The lowest BCUT2D eigenvalue weighted by Gasteiger charge is -2.11. The number of unbranched alkanes of at least 4 members (excludes halogenated alkanes) is 3. The number of carbonyl (C=O) groups is 1. The molecular weight excluding hydrogens is 368 g/mol. The van der Waals surface area contributed by atoms with Crippen LogP contribution in [0.2, 0.25) is 0 Å². The first-order valence-corrected chi connectivity index (χ1v) is 11.6. The molecule has 0 aromatic heterocycles. The van der Waals surface area contributed by atoms with E-state index < -0.39 is 0 Å². The molecule has 0 spiro atoms. The zero-order chi connectivity index (χ0) is 21.8. The summed E-state index contributed by atoms with van der Waals surface area (Å²) in [5.74, 6) is 1.81.